The maximum Gasteiger partial charge on any atom is 0.0511 e. The molecule has 21 heavy (non-hydrogen) atoms. The fourth-order valence-corrected chi connectivity index (χ4v) is 2.65. The summed E-state index contributed by atoms with van der Waals surface area (Å²) in [6.45, 7) is 8.94. The van der Waals surface area contributed by atoms with Gasteiger partial charge in [-0.25, -0.2) is 0 Å². The quantitative estimate of drug-likeness (QED) is 0.684. The van der Waals surface area contributed by atoms with Crippen LogP contribution in [0.1, 0.15) is 51.3 Å². The summed E-state index contributed by atoms with van der Waals surface area (Å²) < 4.78 is 1.12. The van der Waals surface area contributed by atoms with E-state index in [-0.39, 0.29) is 5.41 Å². The van der Waals surface area contributed by atoms with Gasteiger partial charge in [0.1, 0.15) is 0 Å². The molecule has 0 saturated carbocycles. The summed E-state index contributed by atoms with van der Waals surface area (Å²) in [5, 5.41) is 3.63. The lowest BCUT2D eigenvalue weighted by atomic mass is 9.87. The first-order valence-corrected chi connectivity index (χ1v) is 8.32. The van der Waals surface area contributed by atoms with E-state index in [1.165, 1.54) is 16.8 Å². The SMILES string of the molecule is CCC(Nc1ccc(C(C)(C)C)cc1)c1ccc(Br)cc1. The molecule has 0 fully saturated rings. The van der Waals surface area contributed by atoms with Crippen LogP contribution in [0.3, 0.4) is 0 Å². The molecule has 0 heterocycles. The Morgan fingerprint density at radius 3 is 2.00 bits per heavy atom. The largest absolute Gasteiger partial charge is 0.378 e. The number of hydrogen-bond acceptors (Lipinski definition) is 1. The van der Waals surface area contributed by atoms with Crippen LogP contribution in [0.25, 0.3) is 0 Å². The zero-order valence-corrected chi connectivity index (χ0v) is 14.9. The number of rotatable bonds is 4. The molecule has 0 bridgehead atoms. The molecule has 0 spiro atoms. The van der Waals surface area contributed by atoms with Crippen LogP contribution in [0.2, 0.25) is 0 Å². The van der Waals surface area contributed by atoms with Crippen LogP contribution >= 0.6 is 15.9 Å². The fourth-order valence-electron chi connectivity index (χ4n) is 2.38. The molecule has 0 radical (unpaired) electrons. The van der Waals surface area contributed by atoms with Gasteiger partial charge in [0.05, 0.1) is 6.04 Å². The third-order valence-corrected chi connectivity index (χ3v) is 4.30. The van der Waals surface area contributed by atoms with Crippen molar-refractivity contribution in [1.29, 1.82) is 0 Å². The highest BCUT2D eigenvalue weighted by molar-refractivity contribution is 9.10. The second kappa shape index (κ2) is 6.65. The van der Waals surface area contributed by atoms with Crippen molar-refractivity contribution >= 4 is 21.6 Å². The van der Waals surface area contributed by atoms with Gasteiger partial charge in [-0.15, -0.1) is 0 Å². The van der Waals surface area contributed by atoms with E-state index in [1.807, 2.05) is 0 Å². The number of anilines is 1. The Labute approximate surface area is 136 Å². The molecule has 0 amide bonds. The van der Waals surface area contributed by atoms with Gasteiger partial charge in [0.15, 0.2) is 0 Å². The fraction of sp³-hybridized carbons (Fsp3) is 0.368. The first-order valence-electron chi connectivity index (χ1n) is 7.52. The predicted octanol–water partition coefficient (Wildman–Crippen LogP) is 6.31. The average Bonchev–Trinajstić information content (AvgIpc) is 2.45. The molecule has 0 saturated heterocycles. The van der Waals surface area contributed by atoms with E-state index < -0.39 is 0 Å². The van der Waals surface area contributed by atoms with Gasteiger partial charge in [-0.05, 0) is 47.2 Å². The average molecular weight is 346 g/mol. The molecule has 1 N–H and O–H groups in total. The minimum absolute atomic E-state index is 0.203. The molecule has 2 aromatic carbocycles. The highest BCUT2D eigenvalue weighted by Gasteiger charge is 2.14. The summed E-state index contributed by atoms with van der Waals surface area (Å²) in [7, 11) is 0. The van der Waals surface area contributed by atoms with E-state index in [0.29, 0.717) is 6.04 Å². The molecule has 112 valence electrons. The Morgan fingerprint density at radius 2 is 1.52 bits per heavy atom. The normalized spacial score (nSPS) is 13.0. The Morgan fingerprint density at radius 1 is 0.952 bits per heavy atom. The third kappa shape index (κ3) is 4.34. The number of halogens is 1. The summed E-state index contributed by atoms with van der Waals surface area (Å²) in [6.07, 6.45) is 1.06. The highest BCUT2D eigenvalue weighted by Crippen LogP contribution is 2.27. The van der Waals surface area contributed by atoms with Crippen molar-refractivity contribution in [3.8, 4) is 0 Å². The van der Waals surface area contributed by atoms with Gasteiger partial charge >= 0.3 is 0 Å². The number of benzene rings is 2. The van der Waals surface area contributed by atoms with Gasteiger partial charge in [-0.1, -0.05) is 67.9 Å². The molecular weight excluding hydrogens is 322 g/mol. The van der Waals surface area contributed by atoms with E-state index in [1.54, 1.807) is 0 Å². The lowest BCUT2D eigenvalue weighted by Gasteiger charge is -2.22. The maximum atomic E-state index is 3.63. The molecule has 1 unspecified atom stereocenters. The van der Waals surface area contributed by atoms with Crippen LogP contribution in [-0.4, -0.2) is 0 Å². The monoisotopic (exact) mass is 345 g/mol. The van der Waals surface area contributed by atoms with Crippen LogP contribution in [0, 0.1) is 0 Å². The van der Waals surface area contributed by atoms with Crippen LogP contribution < -0.4 is 5.32 Å². The molecular formula is C19H24BrN. The Bertz CT molecular complexity index is 564. The standard InChI is InChI=1S/C19H24BrN/c1-5-18(14-6-10-16(20)11-7-14)21-17-12-8-15(9-13-17)19(2,3)4/h6-13,18,21H,5H2,1-4H3. The Hall–Kier alpha value is -1.28. The van der Waals surface area contributed by atoms with Crippen molar-refractivity contribution in [3.63, 3.8) is 0 Å². The first-order chi connectivity index (χ1) is 9.90. The van der Waals surface area contributed by atoms with E-state index in [4.69, 9.17) is 0 Å². The number of nitrogens with one attached hydrogen (secondary N) is 1. The lowest BCUT2D eigenvalue weighted by Crippen LogP contribution is -2.12. The van der Waals surface area contributed by atoms with E-state index in [9.17, 15) is 0 Å². The summed E-state index contributed by atoms with van der Waals surface area (Å²) in [4.78, 5) is 0. The minimum Gasteiger partial charge on any atom is -0.378 e. The third-order valence-electron chi connectivity index (χ3n) is 3.77. The molecule has 0 aromatic heterocycles. The molecule has 0 aliphatic carbocycles. The van der Waals surface area contributed by atoms with Crippen LogP contribution in [-0.2, 0) is 5.41 Å². The van der Waals surface area contributed by atoms with Crippen molar-refractivity contribution in [3.05, 3.63) is 64.1 Å². The van der Waals surface area contributed by atoms with E-state index >= 15 is 0 Å². The van der Waals surface area contributed by atoms with Crippen molar-refractivity contribution in [2.45, 2.75) is 45.6 Å². The van der Waals surface area contributed by atoms with Crippen LogP contribution in [0.5, 0.6) is 0 Å². The van der Waals surface area contributed by atoms with Gasteiger partial charge in [0.2, 0.25) is 0 Å². The van der Waals surface area contributed by atoms with Gasteiger partial charge in [-0.3, -0.25) is 0 Å². The summed E-state index contributed by atoms with van der Waals surface area (Å²) in [5.41, 5.74) is 4.07. The lowest BCUT2D eigenvalue weighted by molar-refractivity contribution is 0.590. The topological polar surface area (TPSA) is 12.0 Å². The molecule has 2 rings (SSSR count). The highest BCUT2D eigenvalue weighted by atomic mass is 79.9. The Kier molecular flexibility index (Phi) is 5.10. The predicted molar refractivity (Wildman–Crippen MR) is 95.9 cm³/mol. The summed E-state index contributed by atoms with van der Waals surface area (Å²) in [6, 6.07) is 17.7. The molecule has 1 nitrogen and oxygen atoms in total. The smallest absolute Gasteiger partial charge is 0.0511 e. The molecule has 1 atom stereocenters. The van der Waals surface area contributed by atoms with Gasteiger partial charge in [-0.2, -0.15) is 0 Å². The minimum atomic E-state index is 0.203. The zero-order chi connectivity index (χ0) is 15.5. The molecule has 2 aromatic rings. The van der Waals surface area contributed by atoms with Crippen LogP contribution in [0.4, 0.5) is 5.69 Å². The van der Waals surface area contributed by atoms with Gasteiger partial charge < -0.3 is 5.32 Å². The molecule has 0 aliphatic heterocycles. The zero-order valence-electron chi connectivity index (χ0n) is 13.3. The van der Waals surface area contributed by atoms with Crippen LogP contribution in [0.15, 0.2) is 53.0 Å². The number of hydrogen-bond donors (Lipinski definition) is 1. The van der Waals surface area contributed by atoms with E-state index in [2.05, 4.69) is 97.5 Å². The second-order valence-electron chi connectivity index (χ2n) is 6.48. The van der Waals surface area contributed by atoms with Crippen molar-refractivity contribution in [1.82, 2.24) is 0 Å². The van der Waals surface area contributed by atoms with Gasteiger partial charge in [0.25, 0.3) is 0 Å². The summed E-state index contributed by atoms with van der Waals surface area (Å²) in [5.74, 6) is 0. The van der Waals surface area contributed by atoms with Gasteiger partial charge in [0, 0.05) is 10.2 Å². The van der Waals surface area contributed by atoms with Crippen molar-refractivity contribution in [2.75, 3.05) is 5.32 Å². The molecule has 0 aliphatic rings. The Balaban J connectivity index is 2.13. The van der Waals surface area contributed by atoms with Crippen molar-refractivity contribution < 1.29 is 0 Å². The van der Waals surface area contributed by atoms with E-state index in [0.717, 1.165) is 10.9 Å². The first kappa shape index (κ1) is 16.1. The second-order valence-corrected chi connectivity index (χ2v) is 7.40. The maximum absolute atomic E-state index is 3.63. The summed E-state index contributed by atoms with van der Waals surface area (Å²) >= 11 is 3.49. The van der Waals surface area contributed by atoms with Crippen molar-refractivity contribution in [2.24, 2.45) is 0 Å². The molecule has 2 heteroatoms.